The summed E-state index contributed by atoms with van der Waals surface area (Å²) in [6, 6.07) is 0. The summed E-state index contributed by atoms with van der Waals surface area (Å²) in [7, 11) is 0. The first-order chi connectivity index (χ1) is 6.29. The molecule has 1 saturated heterocycles. The lowest BCUT2D eigenvalue weighted by Gasteiger charge is -2.14. The van der Waals surface area contributed by atoms with E-state index in [2.05, 4.69) is 4.74 Å². The summed E-state index contributed by atoms with van der Waals surface area (Å²) in [5.41, 5.74) is 0. The van der Waals surface area contributed by atoms with Crippen LogP contribution in [0, 0.1) is 0 Å². The molecule has 0 bridgehead atoms. The zero-order valence-corrected chi connectivity index (χ0v) is 6.74. The third-order valence-electron chi connectivity index (χ3n) is 1.53. The van der Waals surface area contributed by atoms with E-state index in [0.717, 1.165) is 0 Å². The van der Waals surface area contributed by atoms with E-state index in [1.807, 2.05) is 0 Å². The zero-order chi connectivity index (χ0) is 10.9. The topological polar surface area (TPSA) is 66.8 Å². The number of alkyl halides is 3. The number of aliphatic carboxylic acids is 1. The van der Waals surface area contributed by atoms with Gasteiger partial charge in [0.2, 0.25) is 6.10 Å². The van der Waals surface area contributed by atoms with Crippen LogP contribution in [0.25, 0.3) is 0 Å². The van der Waals surface area contributed by atoms with Gasteiger partial charge in [0.1, 0.15) is 6.54 Å². The number of carboxylic acids is 1. The predicted octanol–water partition coefficient (Wildman–Crippen LogP) is 0.454. The number of ether oxygens (including phenoxy) is 1. The predicted molar refractivity (Wildman–Crippen MR) is 35.5 cm³/mol. The molecule has 1 aliphatic heterocycles. The fraction of sp³-hybridized carbons (Fsp3) is 0.667. The normalized spacial score (nSPS) is 22.4. The highest BCUT2D eigenvalue weighted by Gasteiger charge is 2.42. The first kappa shape index (κ1) is 10.6. The lowest BCUT2D eigenvalue weighted by atomic mass is 10.3. The van der Waals surface area contributed by atoms with Crippen LogP contribution in [0.1, 0.15) is 0 Å². The Kier molecular flexibility index (Phi) is 2.54. The molecular weight excluding hydrogens is 207 g/mol. The molecule has 0 aliphatic carbocycles. The van der Waals surface area contributed by atoms with Crippen molar-refractivity contribution in [3.63, 3.8) is 0 Å². The SMILES string of the molecule is O=C(O)C1CN(CC(F)(F)F)C(=O)O1. The maximum Gasteiger partial charge on any atom is 0.411 e. The van der Waals surface area contributed by atoms with E-state index >= 15 is 0 Å². The zero-order valence-electron chi connectivity index (χ0n) is 6.74. The van der Waals surface area contributed by atoms with Crippen LogP contribution in [0.5, 0.6) is 0 Å². The molecule has 0 radical (unpaired) electrons. The van der Waals surface area contributed by atoms with E-state index in [1.165, 1.54) is 0 Å². The molecule has 1 rings (SSSR count). The molecule has 1 unspecified atom stereocenters. The van der Waals surface area contributed by atoms with Gasteiger partial charge in [0.05, 0.1) is 6.54 Å². The highest BCUT2D eigenvalue weighted by molar-refractivity contribution is 5.81. The Hall–Kier alpha value is -1.47. The molecule has 1 atom stereocenters. The van der Waals surface area contributed by atoms with Crippen molar-refractivity contribution in [3.8, 4) is 0 Å². The Morgan fingerprint density at radius 1 is 1.64 bits per heavy atom. The highest BCUT2D eigenvalue weighted by Crippen LogP contribution is 2.20. The molecular formula is C6H6F3NO4. The summed E-state index contributed by atoms with van der Waals surface area (Å²) in [6.45, 7) is -2.07. The van der Waals surface area contributed by atoms with E-state index < -0.39 is 37.4 Å². The summed E-state index contributed by atoms with van der Waals surface area (Å²) in [6.07, 6.45) is -7.31. The van der Waals surface area contributed by atoms with Crippen molar-refractivity contribution in [3.05, 3.63) is 0 Å². The molecule has 0 saturated carbocycles. The Balaban J connectivity index is 2.58. The van der Waals surface area contributed by atoms with E-state index in [-0.39, 0.29) is 0 Å². The third kappa shape index (κ3) is 2.51. The van der Waals surface area contributed by atoms with E-state index in [4.69, 9.17) is 5.11 Å². The highest BCUT2D eigenvalue weighted by atomic mass is 19.4. The van der Waals surface area contributed by atoms with Gasteiger partial charge < -0.3 is 9.84 Å². The molecule has 1 aliphatic rings. The van der Waals surface area contributed by atoms with Gasteiger partial charge in [0, 0.05) is 0 Å². The number of hydrogen-bond donors (Lipinski definition) is 1. The number of nitrogens with zero attached hydrogens (tertiary/aromatic N) is 1. The Labute approximate surface area is 76.0 Å². The number of carboxylic acid groups (broad SMARTS) is 1. The van der Waals surface area contributed by atoms with Crippen molar-refractivity contribution in [2.24, 2.45) is 0 Å². The number of amides is 1. The Morgan fingerprint density at radius 2 is 2.21 bits per heavy atom. The van der Waals surface area contributed by atoms with Crippen molar-refractivity contribution in [2.75, 3.05) is 13.1 Å². The van der Waals surface area contributed by atoms with E-state index in [1.54, 1.807) is 0 Å². The first-order valence-electron chi connectivity index (χ1n) is 3.55. The van der Waals surface area contributed by atoms with Gasteiger partial charge in [-0.15, -0.1) is 0 Å². The van der Waals surface area contributed by atoms with Crippen LogP contribution in [0.2, 0.25) is 0 Å². The maximum atomic E-state index is 11.8. The van der Waals surface area contributed by atoms with Crippen LogP contribution < -0.4 is 0 Å². The molecule has 0 aromatic rings. The molecule has 0 aromatic carbocycles. The second kappa shape index (κ2) is 3.35. The van der Waals surface area contributed by atoms with Gasteiger partial charge in [0.15, 0.2) is 0 Å². The Morgan fingerprint density at radius 3 is 2.57 bits per heavy atom. The van der Waals surface area contributed by atoms with Crippen molar-refractivity contribution in [1.82, 2.24) is 4.90 Å². The average Bonchev–Trinajstić information content (AvgIpc) is 2.29. The number of carbonyl (C=O) groups is 2. The second-order valence-corrected chi connectivity index (χ2v) is 2.71. The van der Waals surface area contributed by atoms with Crippen LogP contribution in [0.15, 0.2) is 0 Å². The van der Waals surface area contributed by atoms with Crippen LogP contribution in [-0.2, 0) is 9.53 Å². The lowest BCUT2D eigenvalue weighted by Crippen LogP contribution is -2.36. The fourth-order valence-corrected chi connectivity index (χ4v) is 0.982. The fourth-order valence-electron chi connectivity index (χ4n) is 0.982. The summed E-state index contributed by atoms with van der Waals surface area (Å²) < 4.78 is 39.6. The number of carbonyl (C=O) groups excluding carboxylic acids is 1. The number of rotatable bonds is 2. The van der Waals surface area contributed by atoms with Gasteiger partial charge in [-0.2, -0.15) is 13.2 Å². The Bertz CT molecular complexity index is 264. The van der Waals surface area contributed by atoms with Crippen molar-refractivity contribution in [2.45, 2.75) is 12.3 Å². The summed E-state index contributed by atoms with van der Waals surface area (Å²) in [5.74, 6) is -1.46. The van der Waals surface area contributed by atoms with Crippen LogP contribution in [-0.4, -0.2) is 47.4 Å². The molecule has 5 nitrogen and oxygen atoms in total. The van der Waals surface area contributed by atoms with Crippen LogP contribution >= 0.6 is 0 Å². The molecule has 1 fully saturated rings. The quantitative estimate of drug-likeness (QED) is 0.723. The standard InChI is InChI=1S/C6H6F3NO4/c7-6(8,9)2-10-1-3(4(11)12)14-5(10)13/h3H,1-2H2,(H,11,12). The maximum absolute atomic E-state index is 11.8. The molecule has 14 heavy (non-hydrogen) atoms. The second-order valence-electron chi connectivity index (χ2n) is 2.71. The molecule has 1 N–H and O–H groups in total. The number of cyclic esters (lactones) is 1. The van der Waals surface area contributed by atoms with Crippen molar-refractivity contribution < 1.29 is 32.6 Å². The summed E-state index contributed by atoms with van der Waals surface area (Å²) in [5, 5.41) is 8.36. The van der Waals surface area contributed by atoms with E-state index in [9.17, 15) is 22.8 Å². The first-order valence-corrected chi connectivity index (χ1v) is 3.55. The van der Waals surface area contributed by atoms with E-state index in [0.29, 0.717) is 4.90 Å². The summed E-state index contributed by atoms with van der Waals surface area (Å²) >= 11 is 0. The van der Waals surface area contributed by atoms with Crippen molar-refractivity contribution in [1.29, 1.82) is 0 Å². The van der Waals surface area contributed by atoms with Gasteiger partial charge in [-0.05, 0) is 0 Å². The van der Waals surface area contributed by atoms with Gasteiger partial charge in [0.25, 0.3) is 0 Å². The monoisotopic (exact) mass is 213 g/mol. The lowest BCUT2D eigenvalue weighted by molar-refractivity contribution is -0.146. The molecule has 80 valence electrons. The molecule has 0 spiro atoms. The van der Waals surface area contributed by atoms with Crippen molar-refractivity contribution >= 4 is 12.1 Å². The van der Waals surface area contributed by atoms with Gasteiger partial charge in [-0.1, -0.05) is 0 Å². The molecule has 1 heterocycles. The van der Waals surface area contributed by atoms with Gasteiger partial charge >= 0.3 is 18.2 Å². The number of hydrogen-bond acceptors (Lipinski definition) is 3. The minimum absolute atomic E-state index is 0.304. The summed E-state index contributed by atoms with van der Waals surface area (Å²) in [4.78, 5) is 21.3. The van der Waals surface area contributed by atoms with Crippen LogP contribution in [0.4, 0.5) is 18.0 Å². The minimum Gasteiger partial charge on any atom is -0.478 e. The smallest absolute Gasteiger partial charge is 0.411 e. The average molecular weight is 213 g/mol. The minimum atomic E-state index is -4.55. The molecule has 0 aromatic heterocycles. The van der Waals surface area contributed by atoms with Gasteiger partial charge in [-0.3, -0.25) is 4.90 Å². The molecule has 8 heteroatoms. The van der Waals surface area contributed by atoms with Crippen LogP contribution in [0.3, 0.4) is 0 Å². The third-order valence-corrected chi connectivity index (χ3v) is 1.53. The van der Waals surface area contributed by atoms with Gasteiger partial charge in [-0.25, -0.2) is 9.59 Å². The largest absolute Gasteiger partial charge is 0.478 e. The number of halogens is 3. The molecule has 1 amide bonds.